The minimum Gasteiger partial charge on any atom is -0.504 e. The fraction of sp³-hybridized carbons (Fsp3) is 0.263. The molecular weight excluding hydrogens is 398 g/mol. The summed E-state index contributed by atoms with van der Waals surface area (Å²) in [7, 11) is 1.47. The lowest BCUT2D eigenvalue weighted by molar-refractivity contribution is 0.0955. The van der Waals surface area contributed by atoms with Gasteiger partial charge in [0.1, 0.15) is 0 Å². The molecule has 2 N–H and O–H groups in total. The molecule has 138 valence electrons. The number of benzene rings is 2. The molecule has 0 aliphatic carbocycles. The molecule has 0 saturated carbocycles. The number of halogens is 1. The van der Waals surface area contributed by atoms with Crippen LogP contribution in [-0.4, -0.2) is 37.4 Å². The van der Waals surface area contributed by atoms with Crippen LogP contribution in [0, 0.1) is 0 Å². The predicted molar refractivity (Wildman–Crippen MR) is 107 cm³/mol. The molecule has 0 heterocycles. The molecule has 0 atom stereocenters. The highest BCUT2D eigenvalue weighted by Crippen LogP contribution is 2.31. The van der Waals surface area contributed by atoms with Crippen molar-refractivity contribution in [3.05, 3.63) is 52.0 Å². The standard InChI is InChI=1S/C19H22BrN3O3/c1-4-23(5-2)15-8-6-13(7-9-15)19(25)22-21-12-14-10-17(24)18(26-3)11-16(14)20/h6-12,24H,4-5H2,1-3H3,(H,22,25)/b21-12-. The number of anilines is 1. The summed E-state index contributed by atoms with van der Waals surface area (Å²) in [6.45, 7) is 6.01. The number of methoxy groups -OCH3 is 1. The highest BCUT2D eigenvalue weighted by atomic mass is 79.9. The van der Waals surface area contributed by atoms with Crippen molar-refractivity contribution in [2.24, 2.45) is 5.10 Å². The Morgan fingerprint density at radius 1 is 1.27 bits per heavy atom. The molecule has 2 rings (SSSR count). The van der Waals surface area contributed by atoms with Crippen molar-refractivity contribution in [1.82, 2.24) is 5.43 Å². The van der Waals surface area contributed by atoms with Crippen molar-refractivity contribution < 1.29 is 14.6 Å². The molecule has 0 fully saturated rings. The van der Waals surface area contributed by atoms with Gasteiger partial charge in [0.05, 0.1) is 13.3 Å². The number of rotatable bonds is 7. The van der Waals surface area contributed by atoms with Crippen molar-refractivity contribution in [2.75, 3.05) is 25.1 Å². The topological polar surface area (TPSA) is 74.2 Å². The first-order valence-electron chi connectivity index (χ1n) is 8.25. The third kappa shape index (κ3) is 4.76. The molecule has 1 amide bonds. The second kappa shape index (κ2) is 9.24. The summed E-state index contributed by atoms with van der Waals surface area (Å²) < 4.78 is 5.71. The van der Waals surface area contributed by atoms with Gasteiger partial charge in [-0.1, -0.05) is 0 Å². The first kappa shape index (κ1) is 19.8. The summed E-state index contributed by atoms with van der Waals surface area (Å²) in [6, 6.07) is 10.5. The number of carbonyl (C=O) groups is 1. The van der Waals surface area contributed by atoms with Gasteiger partial charge < -0.3 is 14.7 Å². The number of amides is 1. The number of ether oxygens (including phenoxy) is 1. The van der Waals surface area contributed by atoms with Gasteiger partial charge in [-0.2, -0.15) is 5.10 Å². The van der Waals surface area contributed by atoms with Crippen molar-refractivity contribution >= 4 is 33.7 Å². The van der Waals surface area contributed by atoms with Crippen LogP contribution in [0.4, 0.5) is 5.69 Å². The first-order chi connectivity index (χ1) is 12.5. The highest BCUT2D eigenvalue weighted by Gasteiger charge is 2.08. The van der Waals surface area contributed by atoms with Gasteiger partial charge >= 0.3 is 0 Å². The number of carbonyl (C=O) groups excluding carboxylic acids is 1. The van der Waals surface area contributed by atoms with E-state index in [1.54, 1.807) is 18.2 Å². The van der Waals surface area contributed by atoms with Crippen LogP contribution in [0.3, 0.4) is 0 Å². The van der Waals surface area contributed by atoms with E-state index in [0.717, 1.165) is 18.8 Å². The van der Waals surface area contributed by atoms with Gasteiger partial charge in [0.25, 0.3) is 5.91 Å². The molecular formula is C19H22BrN3O3. The maximum Gasteiger partial charge on any atom is 0.271 e. The van der Waals surface area contributed by atoms with E-state index < -0.39 is 0 Å². The molecule has 0 bridgehead atoms. The van der Waals surface area contributed by atoms with Gasteiger partial charge in [0.2, 0.25) is 0 Å². The number of aromatic hydroxyl groups is 1. The van der Waals surface area contributed by atoms with Crippen LogP contribution in [0.25, 0.3) is 0 Å². The van der Waals surface area contributed by atoms with Gasteiger partial charge in [0.15, 0.2) is 11.5 Å². The molecule has 2 aromatic carbocycles. The maximum absolute atomic E-state index is 12.2. The number of phenols is 1. The number of nitrogens with one attached hydrogen (secondary N) is 1. The minimum absolute atomic E-state index is 0.00420. The summed E-state index contributed by atoms with van der Waals surface area (Å²) >= 11 is 3.37. The normalized spacial score (nSPS) is 10.8. The zero-order valence-electron chi connectivity index (χ0n) is 15.0. The van der Waals surface area contributed by atoms with E-state index in [-0.39, 0.29) is 11.7 Å². The Hall–Kier alpha value is -2.54. The number of phenolic OH excluding ortho intramolecular Hbond substituents is 1. The van der Waals surface area contributed by atoms with E-state index in [1.165, 1.54) is 19.4 Å². The minimum atomic E-state index is -0.304. The lowest BCUT2D eigenvalue weighted by atomic mass is 10.2. The van der Waals surface area contributed by atoms with Crippen LogP contribution >= 0.6 is 15.9 Å². The smallest absolute Gasteiger partial charge is 0.271 e. The molecule has 7 heteroatoms. The highest BCUT2D eigenvalue weighted by molar-refractivity contribution is 9.10. The lowest BCUT2D eigenvalue weighted by Gasteiger charge is -2.20. The van der Waals surface area contributed by atoms with Crippen molar-refractivity contribution in [3.8, 4) is 11.5 Å². The number of hydrogen-bond donors (Lipinski definition) is 2. The van der Waals surface area contributed by atoms with Crippen LogP contribution in [0.15, 0.2) is 46.0 Å². The number of hydrogen-bond acceptors (Lipinski definition) is 5. The van der Waals surface area contributed by atoms with E-state index in [4.69, 9.17) is 4.74 Å². The Kier molecular flexibility index (Phi) is 7.03. The summed E-state index contributed by atoms with van der Waals surface area (Å²) in [6.07, 6.45) is 1.45. The van der Waals surface area contributed by atoms with E-state index >= 15 is 0 Å². The quantitative estimate of drug-likeness (QED) is 0.528. The molecule has 0 aliphatic heterocycles. The maximum atomic E-state index is 12.2. The lowest BCUT2D eigenvalue weighted by Crippen LogP contribution is -2.22. The van der Waals surface area contributed by atoms with Crippen molar-refractivity contribution in [1.29, 1.82) is 0 Å². The van der Waals surface area contributed by atoms with E-state index in [1.807, 2.05) is 12.1 Å². The molecule has 0 unspecified atom stereocenters. The summed E-state index contributed by atoms with van der Waals surface area (Å²) in [5.74, 6) is 0.0445. The Balaban J connectivity index is 2.04. The largest absolute Gasteiger partial charge is 0.504 e. The molecule has 6 nitrogen and oxygen atoms in total. The summed E-state index contributed by atoms with van der Waals surface area (Å²) in [5, 5.41) is 13.8. The summed E-state index contributed by atoms with van der Waals surface area (Å²) in [5.41, 5.74) is 4.69. The van der Waals surface area contributed by atoms with Gasteiger partial charge in [-0.15, -0.1) is 0 Å². The molecule has 26 heavy (non-hydrogen) atoms. The Morgan fingerprint density at radius 3 is 2.50 bits per heavy atom. The van der Waals surface area contributed by atoms with Gasteiger partial charge in [0, 0.05) is 34.4 Å². The predicted octanol–water partition coefficient (Wildman–Crippen LogP) is 3.77. The van der Waals surface area contributed by atoms with Gasteiger partial charge in [-0.05, 0) is 66.2 Å². The zero-order valence-corrected chi connectivity index (χ0v) is 16.6. The third-order valence-corrected chi connectivity index (χ3v) is 4.61. The van der Waals surface area contributed by atoms with E-state index in [2.05, 4.69) is 45.2 Å². The molecule has 0 radical (unpaired) electrons. The Labute approximate surface area is 161 Å². The van der Waals surface area contributed by atoms with Crippen LogP contribution in [0.5, 0.6) is 11.5 Å². The number of hydrazone groups is 1. The molecule has 0 spiro atoms. The molecule has 0 saturated heterocycles. The fourth-order valence-corrected chi connectivity index (χ4v) is 2.88. The van der Waals surface area contributed by atoms with Gasteiger partial charge in [-0.3, -0.25) is 4.79 Å². The van der Waals surface area contributed by atoms with Crippen molar-refractivity contribution in [3.63, 3.8) is 0 Å². The number of nitrogens with zero attached hydrogens (tertiary/aromatic N) is 2. The molecule has 0 aromatic heterocycles. The average Bonchev–Trinajstić information content (AvgIpc) is 2.65. The first-order valence-corrected chi connectivity index (χ1v) is 9.04. The van der Waals surface area contributed by atoms with E-state index in [0.29, 0.717) is 21.3 Å². The molecule has 0 aliphatic rings. The Bertz CT molecular complexity index is 787. The monoisotopic (exact) mass is 419 g/mol. The van der Waals surface area contributed by atoms with Crippen LogP contribution in [-0.2, 0) is 0 Å². The third-order valence-electron chi connectivity index (χ3n) is 3.93. The second-order valence-electron chi connectivity index (χ2n) is 5.46. The second-order valence-corrected chi connectivity index (χ2v) is 6.32. The SMILES string of the molecule is CCN(CC)c1ccc(C(=O)N/N=C\c2cc(O)c(OC)cc2Br)cc1. The van der Waals surface area contributed by atoms with Crippen LogP contribution < -0.4 is 15.1 Å². The van der Waals surface area contributed by atoms with Crippen LogP contribution in [0.1, 0.15) is 29.8 Å². The molecule has 2 aromatic rings. The zero-order chi connectivity index (χ0) is 19.1. The van der Waals surface area contributed by atoms with Gasteiger partial charge in [-0.25, -0.2) is 5.43 Å². The van der Waals surface area contributed by atoms with Crippen LogP contribution in [0.2, 0.25) is 0 Å². The summed E-state index contributed by atoms with van der Waals surface area (Å²) in [4.78, 5) is 14.4. The fourth-order valence-electron chi connectivity index (χ4n) is 2.46. The average molecular weight is 420 g/mol. The van der Waals surface area contributed by atoms with Crippen molar-refractivity contribution in [2.45, 2.75) is 13.8 Å². The van der Waals surface area contributed by atoms with E-state index in [9.17, 15) is 9.90 Å². The Morgan fingerprint density at radius 2 is 1.92 bits per heavy atom.